The van der Waals surface area contributed by atoms with E-state index in [-0.39, 0.29) is 11.8 Å². The number of fused-ring (bicyclic) bond motifs is 1. The summed E-state index contributed by atoms with van der Waals surface area (Å²) in [6.45, 7) is 5.55. The fraction of sp³-hybridized carbons (Fsp3) is 0.385. The summed E-state index contributed by atoms with van der Waals surface area (Å²) in [7, 11) is 0. The van der Waals surface area contributed by atoms with Crippen LogP contribution in [-0.2, 0) is 16.1 Å². The van der Waals surface area contributed by atoms with Crippen molar-refractivity contribution in [2.24, 2.45) is 0 Å². The van der Waals surface area contributed by atoms with Gasteiger partial charge in [0, 0.05) is 43.2 Å². The van der Waals surface area contributed by atoms with Crippen molar-refractivity contribution < 1.29 is 14.1 Å². The average molecular weight is 488 g/mol. The summed E-state index contributed by atoms with van der Waals surface area (Å²) in [6.07, 6.45) is 4.97. The Morgan fingerprint density at radius 1 is 1.08 bits per heavy atom. The molecule has 10 heteroatoms. The number of carbonyl (C=O) groups excluding carboxylic acids is 2. The lowest BCUT2D eigenvalue weighted by molar-refractivity contribution is -0.131. The quantitative estimate of drug-likeness (QED) is 0.433. The molecule has 1 N–H and O–H groups in total. The molecule has 2 aromatic heterocycles. The third-order valence-electron chi connectivity index (χ3n) is 6.57. The SMILES string of the molecule is CC(=O)Nc1cccc(-c2nc(-c3ccc4c(c3)nnn4CCC(=O)N3CCCCCC3)no2)c1C. The van der Waals surface area contributed by atoms with Gasteiger partial charge in [-0.2, -0.15) is 4.98 Å². The standard InChI is InChI=1S/C26H29N7O3/c1-17-20(8-7-9-21(17)27-18(2)34)26-28-25(30-36-26)19-10-11-23-22(16-19)29-31-33(23)15-12-24(35)32-13-5-3-4-6-14-32/h7-11,16H,3-6,12-15H2,1-2H3,(H,27,34). The summed E-state index contributed by atoms with van der Waals surface area (Å²) in [5, 5.41) is 15.5. The van der Waals surface area contributed by atoms with Crippen molar-refractivity contribution in [1.82, 2.24) is 30.0 Å². The minimum atomic E-state index is -0.144. The molecule has 0 unspecified atom stereocenters. The van der Waals surface area contributed by atoms with Crippen molar-refractivity contribution in [3.63, 3.8) is 0 Å². The number of likely N-dealkylation sites (tertiary alicyclic amines) is 1. The van der Waals surface area contributed by atoms with Crippen LogP contribution in [0, 0.1) is 6.92 Å². The van der Waals surface area contributed by atoms with Crippen LogP contribution in [0.15, 0.2) is 40.9 Å². The van der Waals surface area contributed by atoms with E-state index >= 15 is 0 Å². The highest BCUT2D eigenvalue weighted by Crippen LogP contribution is 2.30. The number of amides is 2. The van der Waals surface area contributed by atoms with Gasteiger partial charge in [0.2, 0.25) is 17.6 Å². The van der Waals surface area contributed by atoms with Crippen LogP contribution in [0.25, 0.3) is 33.9 Å². The molecular weight excluding hydrogens is 458 g/mol. The molecule has 0 saturated carbocycles. The minimum Gasteiger partial charge on any atom is -0.343 e. The highest BCUT2D eigenvalue weighted by Gasteiger charge is 2.18. The van der Waals surface area contributed by atoms with Gasteiger partial charge in [0.15, 0.2) is 0 Å². The molecule has 4 aromatic rings. The molecule has 186 valence electrons. The number of carbonyl (C=O) groups is 2. The molecule has 0 aliphatic carbocycles. The predicted octanol–water partition coefficient (Wildman–Crippen LogP) is 4.21. The lowest BCUT2D eigenvalue weighted by Gasteiger charge is -2.20. The summed E-state index contributed by atoms with van der Waals surface area (Å²) in [5.74, 6) is 0.830. The molecule has 1 fully saturated rings. The fourth-order valence-electron chi connectivity index (χ4n) is 4.60. The first-order valence-corrected chi connectivity index (χ1v) is 12.3. The van der Waals surface area contributed by atoms with Crippen LogP contribution in [0.5, 0.6) is 0 Å². The lowest BCUT2D eigenvalue weighted by Crippen LogP contribution is -2.32. The van der Waals surface area contributed by atoms with Crippen molar-refractivity contribution in [1.29, 1.82) is 0 Å². The van der Waals surface area contributed by atoms with Crippen molar-refractivity contribution >= 4 is 28.5 Å². The second-order valence-corrected chi connectivity index (χ2v) is 9.14. The van der Waals surface area contributed by atoms with E-state index in [0.29, 0.717) is 35.9 Å². The molecule has 0 radical (unpaired) electrons. The van der Waals surface area contributed by atoms with Gasteiger partial charge in [-0.25, -0.2) is 4.68 Å². The smallest absolute Gasteiger partial charge is 0.258 e. The molecule has 5 rings (SSSR count). The van der Waals surface area contributed by atoms with E-state index < -0.39 is 0 Å². The van der Waals surface area contributed by atoms with Crippen LogP contribution < -0.4 is 5.32 Å². The van der Waals surface area contributed by atoms with Gasteiger partial charge in [-0.15, -0.1) is 5.10 Å². The molecule has 2 aromatic carbocycles. The molecular formula is C26H29N7O3. The Kier molecular flexibility index (Phi) is 6.75. The average Bonchev–Trinajstić information content (AvgIpc) is 3.42. The lowest BCUT2D eigenvalue weighted by atomic mass is 10.1. The van der Waals surface area contributed by atoms with E-state index in [9.17, 15) is 9.59 Å². The molecule has 36 heavy (non-hydrogen) atoms. The largest absolute Gasteiger partial charge is 0.343 e. The first kappa shape index (κ1) is 23.7. The van der Waals surface area contributed by atoms with Crippen LogP contribution in [0.4, 0.5) is 5.69 Å². The molecule has 1 saturated heterocycles. The van der Waals surface area contributed by atoms with Crippen molar-refractivity contribution in [2.75, 3.05) is 18.4 Å². The van der Waals surface area contributed by atoms with Crippen molar-refractivity contribution in [3.05, 3.63) is 42.0 Å². The maximum Gasteiger partial charge on any atom is 0.258 e. The number of aromatic nitrogens is 5. The highest BCUT2D eigenvalue weighted by atomic mass is 16.5. The Hall–Kier alpha value is -4.08. The Morgan fingerprint density at radius 2 is 1.89 bits per heavy atom. The Morgan fingerprint density at radius 3 is 2.67 bits per heavy atom. The maximum atomic E-state index is 12.7. The van der Waals surface area contributed by atoms with E-state index in [1.54, 1.807) is 4.68 Å². The van der Waals surface area contributed by atoms with Crippen LogP contribution in [-0.4, -0.2) is 54.9 Å². The van der Waals surface area contributed by atoms with Crippen molar-refractivity contribution in [2.45, 2.75) is 52.5 Å². The Balaban J connectivity index is 1.31. The molecule has 1 aliphatic rings. The zero-order valence-corrected chi connectivity index (χ0v) is 20.5. The van der Waals surface area contributed by atoms with Gasteiger partial charge in [0.05, 0.1) is 12.1 Å². The van der Waals surface area contributed by atoms with E-state index in [1.807, 2.05) is 48.2 Å². The molecule has 2 amide bonds. The zero-order chi connectivity index (χ0) is 25.1. The second kappa shape index (κ2) is 10.3. The van der Waals surface area contributed by atoms with Gasteiger partial charge in [0.1, 0.15) is 5.52 Å². The summed E-state index contributed by atoms with van der Waals surface area (Å²) in [5.41, 5.74) is 4.60. The number of nitrogens with one attached hydrogen (secondary N) is 1. The third kappa shape index (κ3) is 4.98. The number of hydrogen-bond acceptors (Lipinski definition) is 7. The number of benzene rings is 2. The van der Waals surface area contributed by atoms with E-state index in [0.717, 1.165) is 48.1 Å². The van der Waals surface area contributed by atoms with E-state index in [1.165, 1.54) is 19.8 Å². The minimum absolute atomic E-state index is 0.144. The van der Waals surface area contributed by atoms with Gasteiger partial charge in [-0.3, -0.25) is 9.59 Å². The molecule has 0 atom stereocenters. The summed E-state index contributed by atoms with van der Waals surface area (Å²) in [4.78, 5) is 30.7. The maximum absolute atomic E-state index is 12.7. The number of rotatable bonds is 6. The fourth-order valence-corrected chi connectivity index (χ4v) is 4.60. The number of hydrogen-bond donors (Lipinski definition) is 1. The molecule has 3 heterocycles. The predicted molar refractivity (Wildman–Crippen MR) is 135 cm³/mol. The van der Waals surface area contributed by atoms with Crippen LogP contribution in [0.2, 0.25) is 0 Å². The van der Waals surface area contributed by atoms with Crippen LogP contribution in [0.3, 0.4) is 0 Å². The summed E-state index contributed by atoms with van der Waals surface area (Å²) < 4.78 is 7.31. The summed E-state index contributed by atoms with van der Waals surface area (Å²) in [6, 6.07) is 11.2. The number of aryl methyl sites for hydroxylation is 1. The molecule has 1 aliphatic heterocycles. The van der Waals surface area contributed by atoms with Crippen molar-refractivity contribution in [3.8, 4) is 22.8 Å². The van der Waals surface area contributed by atoms with Gasteiger partial charge >= 0.3 is 0 Å². The molecule has 10 nitrogen and oxygen atoms in total. The van der Waals surface area contributed by atoms with Gasteiger partial charge < -0.3 is 14.7 Å². The van der Waals surface area contributed by atoms with Gasteiger partial charge in [-0.1, -0.05) is 29.3 Å². The first-order valence-electron chi connectivity index (χ1n) is 12.3. The van der Waals surface area contributed by atoms with Gasteiger partial charge in [-0.05, 0) is 55.7 Å². The molecule has 0 bridgehead atoms. The highest BCUT2D eigenvalue weighted by molar-refractivity contribution is 5.90. The zero-order valence-electron chi connectivity index (χ0n) is 20.5. The molecule has 0 spiro atoms. The van der Waals surface area contributed by atoms with Crippen LogP contribution >= 0.6 is 0 Å². The number of anilines is 1. The summed E-state index contributed by atoms with van der Waals surface area (Å²) >= 11 is 0. The van der Waals surface area contributed by atoms with E-state index in [4.69, 9.17) is 4.52 Å². The second-order valence-electron chi connectivity index (χ2n) is 9.14. The number of nitrogens with zero attached hydrogens (tertiary/aromatic N) is 6. The topological polar surface area (TPSA) is 119 Å². The monoisotopic (exact) mass is 487 g/mol. The first-order chi connectivity index (χ1) is 17.5. The normalized spacial score (nSPS) is 14.1. The Labute approximate surface area is 208 Å². The van der Waals surface area contributed by atoms with Gasteiger partial charge in [0.25, 0.3) is 5.89 Å². The third-order valence-corrected chi connectivity index (χ3v) is 6.57. The Bertz CT molecular complexity index is 1400. The van der Waals surface area contributed by atoms with E-state index in [2.05, 4.69) is 25.8 Å². The van der Waals surface area contributed by atoms with Crippen LogP contribution in [0.1, 0.15) is 44.6 Å².